The second kappa shape index (κ2) is 11.4. The monoisotopic (exact) mass is 191 g/mol. The van der Waals surface area contributed by atoms with E-state index in [1.165, 1.54) is 11.8 Å². The summed E-state index contributed by atoms with van der Waals surface area (Å²) in [5.41, 5.74) is 0. The van der Waals surface area contributed by atoms with Gasteiger partial charge in [-0.05, 0) is 13.8 Å². The number of carbonyl (C=O) groups is 1. The quantitative estimate of drug-likeness (QED) is 0.704. The summed E-state index contributed by atoms with van der Waals surface area (Å²) in [5.74, 6) is -0.0148. The average molecular weight is 191 g/mol. The van der Waals surface area contributed by atoms with Crippen LogP contribution >= 0.6 is 0 Å². The van der Waals surface area contributed by atoms with Gasteiger partial charge in [-0.3, -0.25) is 4.79 Å². The zero-order valence-electron chi connectivity index (χ0n) is 9.04. The first-order valence-corrected chi connectivity index (χ1v) is 4.50. The highest BCUT2D eigenvalue weighted by Crippen LogP contribution is 1.79. The SMILES string of the molecule is CC(=O)N(C)CCO.CCOCC. The number of aliphatic hydroxyl groups excluding tert-OH is 1. The number of hydrogen-bond donors (Lipinski definition) is 1. The van der Waals surface area contributed by atoms with Crippen LogP contribution in [0.2, 0.25) is 0 Å². The van der Waals surface area contributed by atoms with E-state index in [-0.39, 0.29) is 12.5 Å². The lowest BCUT2D eigenvalue weighted by atomic mass is 10.5. The molecule has 0 fully saturated rings. The minimum Gasteiger partial charge on any atom is -0.395 e. The number of carbonyl (C=O) groups excluding carboxylic acids is 1. The van der Waals surface area contributed by atoms with Gasteiger partial charge in [0.25, 0.3) is 0 Å². The number of nitrogens with zero attached hydrogens (tertiary/aromatic N) is 1. The molecule has 0 radical (unpaired) electrons. The smallest absolute Gasteiger partial charge is 0.219 e. The predicted octanol–water partition coefficient (Wildman–Crippen LogP) is 0.500. The van der Waals surface area contributed by atoms with Crippen molar-refractivity contribution in [2.24, 2.45) is 0 Å². The fourth-order valence-electron chi connectivity index (χ4n) is 0.512. The van der Waals surface area contributed by atoms with E-state index in [4.69, 9.17) is 9.84 Å². The Kier molecular flexibility index (Phi) is 13.0. The summed E-state index contributed by atoms with van der Waals surface area (Å²) in [5, 5.41) is 8.29. The number of amides is 1. The molecule has 0 heterocycles. The van der Waals surface area contributed by atoms with Gasteiger partial charge < -0.3 is 14.7 Å². The highest BCUT2D eigenvalue weighted by Gasteiger charge is 1.97. The summed E-state index contributed by atoms with van der Waals surface area (Å²) in [4.78, 5) is 11.8. The molecule has 13 heavy (non-hydrogen) atoms. The molecule has 0 bridgehead atoms. The molecule has 80 valence electrons. The lowest BCUT2D eigenvalue weighted by Gasteiger charge is -2.11. The predicted molar refractivity (Wildman–Crippen MR) is 52.6 cm³/mol. The molecule has 0 aliphatic heterocycles. The average Bonchev–Trinajstić information content (AvgIpc) is 2.07. The molecule has 0 aromatic rings. The third-order valence-corrected chi connectivity index (χ3v) is 1.38. The van der Waals surface area contributed by atoms with Gasteiger partial charge in [0, 0.05) is 33.7 Å². The molecule has 0 atom stereocenters. The van der Waals surface area contributed by atoms with E-state index >= 15 is 0 Å². The molecule has 0 saturated carbocycles. The molecule has 0 unspecified atom stereocenters. The van der Waals surface area contributed by atoms with E-state index in [0.29, 0.717) is 6.54 Å². The Morgan fingerprint density at radius 2 is 1.85 bits per heavy atom. The molecule has 1 N–H and O–H groups in total. The number of aliphatic hydroxyl groups is 1. The van der Waals surface area contributed by atoms with Gasteiger partial charge in [-0.15, -0.1) is 0 Å². The first kappa shape index (κ1) is 14.9. The third kappa shape index (κ3) is 14.3. The number of likely N-dealkylation sites (N-methyl/N-ethyl adjacent to an activating group) is 1. The van der Waals surface area contributed by atoms with Crippen molar-refractivity contribution < 1.29 is 14.6 Å². The van der Waals surface area contributed by atoms with Crippen molar-refractivity contribution in [2.75, 3.05) is 33.4 Å². The van der Waals surface area contributed by atoms with Gasteiger partial charge >= 0.3 is 0 Å². The lowest BCUT2D eigenvalue weighted by molar-refractivity contribution is -0.127. The summed E-state index contributed by atoms with van der Waals surface area (Å²) >= 11 is 0. The van der Waals surface area contributed by atoms with E-state index in [2.05, 4.69) is 0 Å². The number of rotatable bonds is 4. The highest BCUT2D eigenvalue weighted by atomic mass is 16.5. The molecule has 4 heteroatoms. The van der Waals surface area contributed by atoms with Crippen LogP contribution in [0.4, 0.5) is 0 Å². The maximum atomic E-state index is 10.3. The van der Waals surface area contributed by atoms with Gasteiger partial charge in [-0.25, -0.2) is 0 Å². The topological polar surface area (TPSA) is 49.8 Å². The van der Waals surface area contributed by atoms with Crippen LogP contribution in [0.1, 0.15) is 20.8 Å². The van der Waals surface area contributed by atoms with Crippen LogP contribution in [-0.4, -0.2) is 49.3 Å². The lowest BCUT2D eigenvalue weighted by Crippen LogP contribution is -2.26. The Bertz CT molecular complexity index is 115. The van der Waals surface area contributed by atoms with E-state index < -0.39 is 0 Å². The maximum Gasteiger partial charge on any atom is 0.219 e. The second-order valence-corrected chi connectivity index (χ2v) is 2.45. The van der Waals surface area contributed by atoms with Crippen molar-refractivity contribution in [1.29, 1.82) is 0 Å². The molecular weight excluding hydrogens is 170 g/mol. The molecule has 0 rings (SSSR count). The van der Waals surface area contributed by atoms with Gasteiger partial charge in [-0.1, -0.05) is 0 Å². The van der Waals surface area contributed by atoms with E-state index in [1.54, 1.807) is 7.05 Å². The van der Waals surface area contributed by atoms with Crippen molar-refractivity contribution >= 4 is 5.91 Å². The first-order chi connectivity index (χ1) is 6.09. The van der Waals surface area contributed by atoms with Crippen molar-refractivity contribution in [2.45, 2.75) is 20.8 Å². The minimum absolute atomic E-state index is 0.0148. The van der Waals surface area contributed by atoms with Gasteiger partial charge in [0.2, 0.25) is 5.91 Å². The molecule has 0 aromatic heterocycles. The zero-order chi connectivity index (χ0) is 10.7. The summed E-state index contributed by atoms with van der Waals surface area (Å²) < 4.78 is 4.83. The Morgan fingerprint density at radius 3 is 1.92 bits per heavy atom. The molecule has 1 amide bonds. The van der Waals surface area contributed by atoms with Crippen molar-refractivity contribution in [3.8, 4) is 0 Å². The van der Waals surface area contributed by atoms with Crippen LogP contribution in [0.15, 0.2) is 0 Å². The Morgan fingerprint density at radius 1 is 1.38 bits per heavy atom. The van der Waals surface area contributed by atoms with Crippen LogP contribution in [0.3, 0.4) is 0 Å². The Labute approximate surface area is 80.5 Å². The van der Waals surface area contributed by atoms with Crippen LogP contribution in [0.25, 0.3) is 0 Å². The van der Waals surface area contributed by atoms with Crippen LogP contribution in [-0.2, 0) is 9.53 Å². The second-order valence-electron chi connectivity index (χ2n) is 2.45. The summed E-state index contributed by atoms with van der Waals surface area (Å²) in [7, 11) is 1.65. The minimum atomic E-state index is -0.0148. The van der Waals surface area contributed by atoms with Crippen molar-refractivity contribution in [1.82, 2.24) is 4.90 Å². The highest BCUT2D eigenvalue weighted by molar-refractivity contribution is 5.72. The van der Waals surface area contributed by atoms with Crippen LogP contribution in [0, 0.1) is 0 Å². The molecule has 0 aliphatic carbocycles. The zero-order valence-corrected chi connectivity index (χ0v) is 9.04. The van der Waals surface area contributed by atoms with Gasteiger partial charge in [-0.2, -0.15) is 0 Å². The summed E-state index contributed by atoms with van der Waals surface area (Å²) in [6.07, 6.45) is 0. The Balaban J connectivity index is 0. The molecule has 0 aliphatic rings. The largest absolute Gasteiger partial charge is 0.395 e. The summed E-state index contributed by atoms with van der Waals surface area (Å²) in [6, 6.07) is 0. The normalized spacial score (nSPS) is 8.69. The summed E-state index contributed by atoms with van der Waals surface area (Å²) in [6.45, 7) is 7.60. The number of hydrogen-bond acceptors (Lipinski definition) is 3. The third-order valence-electron chi connectivity index (χ3n) is 1.38. The molecule has 0 saturated heterocycles. The van der Waals surface area contributed by atoms with E-state index in [1.807, 2.05) is 13.8 Å². The number of ether oxygens (including phenoxy) is 1. The fraction of sp³-hybridized carbons (Fsp3) is 0.889. The van der Waals surface area contributed by atoms with Gasteiger partial charge in [0.15, 0.2) is 0 Å². The van der Waals surface area contributed by atoms with Crippen molar-refractivity contribution in [3.05, 3.63) is 0 Å². The van der Waals surface area contributed by atoms with Crippen LogP contribution in [0.5, 0.6) is 0 Å². The van der Waals surface area contributed by atoms with E-state index in [9.17, 15) is 4.79 Å². The van der Waals surface area contributed by atoms with Crippen LogP contribution < -0.4 is 0 Å². The standard InChI is InChI=1S/C5H11NO2.C4H10O/c1-5(8)6(2)3-4-7;1-3-5-4-2/h7H,3-4H2,1-2H3;3-4H2,1-2H3. The fourth-order valence-corrected chi connectivity index (χ4v) is 0.512. The van der Waals surface area contributed by atoms with Crippen molar-refractivity contribution in [3.63, 3.8) is 0 Å². The maximum absolute atomic E-state index is 10.3. The molecule has 4 nitrogen and oxygen atoms in total. The molecular formula is C9H21NO3. The van der Waals surface area contributed by atoms with Gasteiger partial charge in [0.1, 0.15) is 0 Å². The van der Waals surface area contributed by atoms with Gasteiger partial charge in [0.05, 0.1) is 6.61 Å². The molecule has 0 aromatic carbocycles. The first-order valence-electron chi connectivity index (χ1n) is 4.50. The Hall–Kier alpha value is -0.610. The van der Waals surface area contributed by atoms with E-state index in [0.717, 1.165) is 13.2 Å². The molecule has 0 spiro atoms.